The van der Waals surface area contributed by atoms with E-state index in [0.29, 0.717) is 44.6 Å². The normalized spacial score (nSPS) is 14.5. The Morgan fingerprint density at radius 3 is 2.12 bits per heavy atom. The lowest BCUT2D eigenvalue weighted by Crippen LogP contribution is -2.31. The molecule has 48 heavy (non-hydrogen) atoms. The van der Waals surface area contributed by atoms with Gasteiger partial charge in [-0.1, -0.05) is 30.3 Å². The van der Waals surface area contributed by atoms with Gasteiger partial charge in [0.05, 0.1) is 32.3 Å². The van der Waals surface area contributed by atoms with Crippen molar-refractivity contribution >= 4 is 52.8 Å². The van der Waals surface area contributed by atoms with E-state index in [4.69, 9.17) is 14.2 Å². The SMILES string of the molecule is COc1cc(/C=C(\NC(=O)c2ccccc2)C(=O)Nc2cccc(SC3CC(=O)N(c4cc(C)cc(C)c4)C3=O)c2)cc(OC)c1OC. The number of hydrogen-bond donors (Lipinski definition) is 2. The molecule has 1 atom stereocenters. The quantitative estimate of drug-likeness (QED) is 0.144. The number of nitrogens with zero attached hydrogens (tertiary/aromatic N) is 1. The minimum Gasteiger partial charge on any atom is -0.493 e. The van der Waals surface area contributed by atoms with Crippen molar-refractivity contribution in [1.29, 1.82) is 0 Å². The molecule has 2 N–H and O–H groups in total. The largest absolute Gasteiger partial charge is 0.493 e. The number of thioether (sulfide) groups is 1. The molecule has 0 aromatic heterocycles. The zero-order chi connectivity index (χ0) is 34.4. The van der Waals surface area contributed by atoms with Crippen molar-refractivity contribution in [1.82, 2.24) is 5.32 Å². The van der Waals surface area contributed by atoms with E-state index >= 15 is 0 Å². The predicted octanol–water partition coefficient (Wildman–Crippen LogP) is 6.16. The van der Waals surface area contributed by atoms with Crippen molar-refractivity contribution in [2.45, 2.75) is 30.4 Å². The molecule has 0 bridgehead atoms. The Kier molecular flexibility index (Phi) is 10.5. The molecule has 1 fully saturated rings. The molecule has 5 rings (SSSR count). The van der Waals surface area contributed by atoms with Crippen LogP contribution in [0.15, 0.2) is 95.5 Å². The number of ether oxygens (including phenoxy) is 3. The summed E-state index contributed by atoms with van der Waals surface area (Å²) in [6.07, 6.45) is 1.56. The van der Waals surface area contributed by atoms with E-state index in [0.717, 1.165) is 11.1 Å². The number of carbonyl (C=O) groups is 4. The van der Waals surface area contributed by atoms with E-state index in [9.17, 15) is 19.2 Å². The smallest absolute Gasteiger partial charge is 0.272 e. The monoisotopic (exact) mass is 665 g/mol. The molecule has 4 aromatic carbocycles. The predicted molar refractivity (Wildman–Crippen MR) is 186 cm³/mol. The zero-order valence-corrected chi connectivity index (χ0v) is 28.0. The van der Waals surface area contributed by atoms with Crippen molar-refractivity contribution in [2.75, 3.05) is 31.5 Å². The number of imide groups is 1. The fourth-order valence-corrected chi connectivity index (χ4v) is 6.46. The molecule has 1 saturated heterocycles. The van der Waals surface area contributed by atoms with Crippen LogP contribution >= 0.6 is 11.8 Å². The van der Waals surface area contributed by atoms with E-state index < -0.39 is 17.1 Å². The Morgan fingerprint density at radius 1 is 0.833 bits per heavy atom. The van der Waals surface area contributed by atoms with Crippen LogP contribution < -0.4 is 29.7 Å². The second kappa shape index (κ2) is 14.9. The lowest BCUT2D eigenvalue weighted by molar-refractivity contribution is -0.121. The molecule has 246 valence electrons. The molecule has 4 amide bonds. The van der Waals surface area contributed by atoms with Crippen LogP contribution in [-0.2, 0) is 14.4 Å². The summed E-state index contributed by atoms with van der Waals surface area (Å²) in [5, 5.41) is 4.95. The van der Waals surface area contributed by atoms with Gasteiger partial charge in [0.2, 0.25) is 17.6 Å². The van der Waals surface area contributed by atoms with Gasteiger partial charge in [0.25, 0.3) is 11.8 Å². The van der Waals surface area contributed by atoms with E-state index in [1.165, 1.54) is 44.1 Å². The number of methoxy groups -OCH3 is 3. The highest BCUT2D eigenvalue weighted by molar-refractivity contribution is 8.00. The maximum Gasteiger partial charge on any atom is 0.272 e. The minimum absolute atomic E-state index is 0.0446. The van der Waals surface area contributed by atoms with E-state index in [1.54, 1.807) is 66.7 Å². The molecule has 1 unspecified atom stereocenters. The second-order valence-corrected chi connectivity index (χ2v) is 12.3. The van der Waals surface area contributed by atoms with Gasteiger partial charge in [-0.3, -0.25) is 19.2 Å². The first-order chi connectivity index (χ1) is 23.1. The fourth-order valence-electron chi connectivity index (χ4n) is 5.35. The van der Waals surface area contributed by atoms with Crippen molar-refractivity contribution < 1.29 is 33.4 Å². The summed E-state index contributed by atoms with van der Waals surface area (Å²) in [5.41, 5.74) is 3.74. The molecule has 0 radical (unpaired) electrons. The van der Waals surface area contributed by atoms with E-state index in [-0.39, 0.29) is 23.9 Å². The molecular formula is C37H35N3O7S. The molecule has 1 heterocycles. The van der Waals surface area contributed by atoms with Crippen LogP contribution in [0.25, 0.3) is 6.08 Å². The highest BCUT2D eigenvalue weighted by atomic mass is 32.2. The Morgan fingerprint density at radius 2 is 1.50 bits per heavy atom. The minimum atomic E-state index is -0.620. The third-order valence-corrected chi connectivity index (χ3v) is 8.65. The number of hydrogen-bond acceptors (Lipinski definition) is 8. The third kappa shape index (κ3) is 7.69. The molecule has 0 saturated carbocycles. The summed E-state index contributed by atoms with van der Waals surface area (Å²) >= 11 is 1.25. The van der Waals surface area contributed by atoms with Gasteiger partial charge in [-0.25, -0.2) is 4.90 Å². The van der Waals surface area contributed by atoms with Gasteiger partial charge < -0.3 is 24.8 Å². The molecule has 10 nitrogen and oxygen atoms in total. The molecule has 1 aliphatic rings. The number of anilines is 2. The zero-order valence-electron chi connectivity index (χ0n) is 27.2. The van der Waals surface area contributed by atoms with Crippen molar-refractivity contribution in [3.05, 3.63) is 113 Å². The van der Waals surface area contributed by atoms with Gasteiger partial charge in [0, 0.05) is 22.6 Å². The van der Waals surface area contributed by atoms with Gasteiger partial charge in [-0.15, -0.1) is 11.8 Å². The Hall–Kier alpha value is -5.55. The number of benzene rings is 4. The average molecular weight is 666 g/mol. The summed E-state index contributed by atoms with van der Waals surface area (Å²) in [6.45, 7) is 3.85. The van der Waals surface area contributed by atoms with Gasteiger partial charge in [-0.2, -0.15) is 0 Å². The summed E-state index contributed by atoms with van der Waals surface area (Å²) in [6, 6.07) is 24.4. The van der Waals surface area contributed by atoms with Crippen LogP contribution in [0.5, 0.6) is 17.2 Å². The maximum absolute atomic E-state index is 13.7. The standard InChI is InChI=1S/C37H35N3O7S/c1-22-14-23(2)16-27(15-22)40-33(41)21-32(37(40)44)48-28-13-9-12-26(20-28)38-36(43)29(39-35(42)25-10-7-6-8-11-25)17-24-18-30(45-3)34(47-5)31(19-24)46-4/h6-20,32H,21H2,1-5H3,(H,38,43)(H,39,42)/b29-17-. The topological polar surface area (TPSA) is 123 Å². The second-order valence-electron chi connectivity index (χ2n) is 11.0. The van der Waals surface area contributed by atoms with Crippen LogP contribution in [0.4, 0.5) is 11.4 Å². The molecule has 4 aromatic rings. The van der Waals surface area contributed by atoms with Crippen molar-refractivity contribution in [2.24, 2.45) is 0 Å². The molecule has 0 aliphatic carbocycles. The van der Waals surface area contributed by atoms with Crippen LogP contribution in [0.1, 0.15) is 33.5 Å². The van der Waals surface area contributed by atoms with E-state index in [2.05, 4.69) is 10.6 Å². The van der Waals surface area contributed by atoms with Gasteiger partial charge in [-0.05, 0) is 91.2 Å². The highest BCUT2D eigenvalue weighted by Gasteiger charge is 2.40. The van der Waals surface area contributed by atoms with E-state index in [1.807, 2.05) is 32.0 Å². The van der Waals surface area contributed by atoms with Gasteiger partial charge >= 0.3 is 0 Å². The molecule has 11 heteroatoms. The lowest BCUT2D eigenvalue weighted by atomic mass is 10.1. The number of rotatable bonds is 11. The third-order valence-electron chi connectivity index (χ3n) is 7.47. The molecular weight excluding hydrogens is 630 g/mol. The molecule has 0 spiro atoms. The molecule has 1 aliphatic heterocycles. The van der Waals surface area contributed by atoms with Crippen molar-refractivity contribution in [3.63, 3.8) is 0 Å². The first-order valence-corrected chi connectivity index (χ1v) is 15.9. The Balaban J connectivity index is 1.39. The fraction of sp³-hybridized carbons (Fsp3) is 0.189. The lowest BCUT2D eigenvalue weighted by Gasteiger charge is -2.16. The first kappa shape index (κ1) is 33.8. The van der Waals surface area contributed by atoms with Gasteiger partial charge in [0.15, 0.2) is 11.5 Å². The average Bonchev–Trinajstić information content (AvgIpc) is 3.35. The van der Waals surface area contributed by atoms with Crippen LogP contribution in [0.2, 0.25) is 0 Å². The summed E-state index contributed by atoms with van der Waals surface area (Å²) in [5.74, 6) is -0.498. The first-order valence-electron chi connectivity index (χ1n) is 15.0. The Labute approximate surface area is 283 Å². The summed E-state index contributed by atoms with van der Waals surface area (Å²) in [4.78, 5) is 55.1. The number of nitrogens with one attached hydrogen (secondary N) is 2. The number of aryl methyl sites for hydroxylation is 2. The maximum atomic E-state index is 13.7. The van der Waals surface area contributed by atoms with Crippen molar-refractivity contribution in [3.8, 4) is 17.2 Å². The van der Waals surface area contributed by atoms with Crippen LogP contribution in [0.3, 0.4) is 0 Å². The van der Waals surface area contributed by atoms with Crippen LogP contribution in [-0.4, -0.2) is 50.2 Å². The van der Waals surface area contributed by atoms with Gasteiger partial charge in [0.1, 0.15) is 5.70 Å². The van der Waals surface area contributed by atoms with Crippen LogP contribution in [0, 0.1) is 13.8 Å². The Bertz CT molecular complexity index is 1860. The number of amides is 4. The summed E-state index contributed by atoms with van der Waals surface area (Å²) in [7, 11) is 4.45. The number of carbonyl (C=O) groups excluding carboxylic acids is 4. The highest BCUT2D eigenvalue weighted by Crippen LogP contribution is 2.39. The summed E-state index contributed by atoms with van der Waals surface area (Å²) < 4.78 is 16.3.